The average Bonchev–Trinajstić information content (AvgIpc) is 2.42. The summed E-state index contributed by atoms with van der Waals surface area (Å²) in [4.78, 5) is 35.8. The predicted octanol–water partition coefficient (Wildman–Crippen LogP) is -0.746. The fourth-order valence-corrected chi connectivity index (χ4v) is 1.77. The lowest BCUT2D eigenvalue weighted by Crippen LogP contribution is -2.51. The van der Waals surface area contributed by atoms with Crippen molar-refractivity contribution >= 4 is 17.9 Å². The molecule has 1 aliphatic rings. The van der Waals surface area contributed by atoms with Gasteiger partial charge in [0.15, 0.2) is 0 Å². The molecule has 0 aromatic rings. The van der Waals surface area contributed by atoms with Crippen molar-refractivity contribution < 1.29 is 24.2 Å². The van der Waals surface area contributed by atoms with Crippen LogP contribution in [0.15, 0.2) is 0 Å². The van der Waals surface area contributed by atoms with E-state index in [0.29, 0.717) is 26.3 Å². The number of carboxylic acids is 1. The molecule has 0 aromatic heterocycles. The zero-order valence-electron chi connectivity index (χ0n) is 11.7. The number of nitrogens with zero attached hydrogens (tertiary/aromatic N) is 1. The molecule has 3 amide bonds. The predicted molar refractivity (Wildman–Crippen MR) is 70.2 cm³/mol. The highest BCUT2D eigenvalue weighted by molar-refractivity contribution is 5.87. The molecule has 0 radical (unpaired) electrons. The Bertz CT molecular complexity index is 366. The lowest BCUT2D eigenvalue weighted by atomic mass is 10.1. The van der Waals surface area contributed by atoms with Crippen molar-refractivity contribution in [2.75, 3.05) is 32.8 Å². The number of aliphatic carboxylic acids is 1. The Kier molecular flexibility index (Phi) is 6.23. The summed E-state index contributed by atoms with van der Waals surface area (Å²) in [5.74, 6) is -1.84. The fourth-order valence-electron chi connectivity index (χ4n) is 1.77. The summed E-state index contributed by atoms with van der Waals surface area (Å²) in [6.45, 7) is 5.08. The molecule has 1 rings (SSSR count). The van der Waals surface area contributed by atoms with Crippen molar-refractivity contribution in [1.82, 2.24) is 15.5 Å². The SMILES string of the molecule is CC(C)C(NC(=O)CNC(=O)N1CCOCC1)C(=O)O. The van der Waals surface area contributed by atoms with E-state index in [4.69, 9.17) is 9.84 Å². The molecule has 3 N–H and O–H groups in total. The van der Waals surface area contributed by atoms with Crippen molar-refractivity contribution in [2.45, 2.75) is 19.9 Å². The van der Waals surface area contributed by atoms with Crippen LogP contribution in [0.4, 0.5) is 4.79 Å². The quantitative estimate of drug-likeness (QED) is 0.617. The van der Waals surface area contributed by atoms with Gasteiger partial charge < -0.3 is 25.4 Å². The van der Waals surface area contributed by atoms with E-state index in [1.807, 2.05) is 0 Å². The number of nitrogens with one attached hydrogen (secondary N) is 2. The van der Waals surface area contributed by atoms with Gasteiger partial charge in [0.2, 0.25) is 5.91 Å². The molecular formula is C12H21N3O5. The van der Waals surface area contributed by atoms with Crippen LogP contribution in [0.1, 0.15) is 13.8 Å². The summed E-state index contributed by atoms with van der Waals surface area (Å²) in [6.07, 6.45) is 0. The Labute approximate surface area is 117 Å². The van der Waals surface area contributed by atoms with Gasteiger partial charge in [0.05, 0.1) is 19.8 Å². The number of carbonyl (C=O) groups excluding carboxylic acids is 2. The largest absolute Gasteiger partial charge is 0.480 e. The summed E-state index contributed by atoms with van der Waals surface area (Å²) < 4.78 is 5.11. The number of urea groups is 1. The van der Waals surface area contributed by atoms with Crippen LogP contribution < -0.4 is 10.6 Å². The molecule has 1 unspecified atom stereocenters. The second-order valence-corrected chi connectivity index (χ2v) is 4.89. The minimum atomic E-state index is -1.09. The van der Waals surface area contributed by atoms with Crippen molar-refractivity contribution in [3.63, 3.8) is 0 Å². The van der Waals surface area contributed by atoms with Crippen LogP contribution >= 0.6 is 0 Å². The summed E-state index contributed by atoms with van der Waals surface area (Å²) >= 11 is 0. The van der Waals surface area contributed by atoms with Crippen molar-refractivity contribution in [3.05, 3.63) is 0 Å². The topological polar surface area (TPSA) is 108 Å². The molecule has 0 bridgehead atoms. The molecule has 1 aliphatic heterocycles. The van der Waals surface area contributed by atoms with E-state index in [0.717, 1.165) is 0 Å². The number of hydrogen-bond acceptors (Lipinski definition) is 4. The number of rotatable bonds is 5. The molecule has 1 atom stereocenters. The van der Waals surface area contributed by atoms with Crippen LogP contribution in [0.2, 0.25) is 0 Å². The van der Waals surface area contributed by atoms with Gasteiger partial charge in [-0.15, -0.1) is 0 Å². The molecule has 0 saturated carbocycles. The van der Waals surface area contributed by atoms with Gasteiger partial charge >= 0.3 is 12.0 Å². The van der Waals surface area contributed by atoms with Gasteiger partial charge in [0.1, 0.15) is 6.04 Å². The maximum Gasteiger partial charge on any atom is 0.326 e. The van der Waals surface area contributed by atoms with Gasteiger partial charge in [-0.25, -0.2) is 9.59 Å². The van der Waals surface area contributed by atoms with Crippen LogP contribution in [-0.2, 0) is 14.3 Å². The van der Waals surface area contributed by atoms with E-state index in [-0.39, 0.29) is 18.5 Å². The Morgan fingerprint density at radius 3 is 2.35 bits per heavy atom. The maximum atomic E-state index is 11.7. The van der Waals surface area contributed by atoms with Crippen molar-refractivity contribution in [3.8, 4) is 0 Å². The highest BCUT2D eigenvalue weighted by Crippen LogP contribution is 2.01. The molecule has 0 spiro atoms. The first-order valence-corrected chi connectivity index (χ1v) is 6.54. The molecule has 0 aliphatic carbocycles. The molecule has 1 saturated heterocycles. The summed E-state index contributed by atoms with van der Waals surface area (Å²) in [6, 6.07) is -1.30. The van der Waals surface area contributed by atoms with Gasteiger partial charge in [0.25, 0.3) is 0 Å². The Morgan fingerprint density at radius 1 is 1.25 bits per heavy atom. The Balaban J connectivity index is 2.34. The Morgan fingerprint density at radius 2 is 1.85 bits per heavy atom. The first-order chi connectivity index (χ1) is 9.41. The monoisotopic (exact) mass is 287 g/mol. The summed E-state index contributed by atoms with van der Waals surface area (Å²) in [7, 11) is 0. The van der Waals surface area contributed by atoms with Gasteiger partial charge in [-0.1, -0.05) is 13.8 Å². The summed E-state index contributed by atoms with van der Waals surface area (Å²) in [5.41, 5.74) is 0. The average molecular weight is 287 g/mol. The second-order valence-electron chi connectivity index (χ2n) is 4.89. The van der Waals surface area contributed by atoms with E-state index >= 15 is 0 Å². The van der Waals surface area contributed by atoms with E-state index in [1.165, 1.54) is 0 Å². The van der Waals surface area contributed by atoms with Crippen molar-refractivity contribution in [2.24, 2.45) is 5.92 Å². The maximum absolute atomic E-state index is 11.7. The molecule has 8 heteroatoms. The summed E-state index contributed by atoms with van der Waals surface area (Å²) in [5, 5.41) is 13.8. The molecule has 0 aromatic carbocycles. The van der Waals surface area contributed by atoms with Gasteiger partial charge in [0, 0.05) is 13.1 Å². The molecule has 1 heterocycles. The van der Waals surface area contributed by atoms with Gasteiger partial charge in [-0.05, 0) is 5.92 Å². The van der Waals surface area contributed by atoms with E-state index in [1.54, 1.807) is 18.7 Å². The second kappa shape index (κ2) is 7.68. The number of morpholine rings is 1. The Hall–Kier alpha value is -1.83. The van der Waals surface area contributed by atoms with Crippen LogP contribution in [0, 0.1) is 5.92 Å². The van der Waals surface area contributed by atoms with Gasteiger partial charge in [-0.2, -0.15) is 0 Å². The first-order valence-electron chi connectivity index (χ1n) is 6.54. The number of hydrogen-bond donors (Lipinski definition) is 3. The lowest BCUT2D eigenvalue weighted by Gasteiger charge is -2.27. The van der Waals surface area contributed by atoms with E-state index in [9.17, 15) is 14.4 Å². The minimum Gasteiger partial charge on any atom is -0.480 e. The lowest BCUT2D eigenvalue weighted by molar-refractivity contribution is -0.142. The molecular weight excluding hydrogens is 266 g/mol. The normalized spacial score (nSPS) is 16.6. The third-order valence-corrected chi connectivity index (χ3v) is 2.95. The first kappa shape index (κ1) is 16.2. The highest BCUT2D eigenvalue weighted by atomic mass is 16.5. The zero-order valence-corrected chi connectivity index (χ0v) is 11.7. The van der Waals surface area contributed by atoms with E-state index < -0.39 is 17.9 Å². The van der Waals surface area contributed by atoms with Gasteiger partial charge in [-0.3, -0.25) is 4.79 Å². The molecule has 8 nitrogen and oxygen atoms in total. The third-order valence-electron chi connectivity index (χ3n) is 2.95. The number of carbonyl (C=O) groups is 3. The fraction of sp³-hybridized carbons (Fsp3) is 0.750. The smallest absolute Gasteiger partial charge is 0.326 e. The van der Waals surface area contributed by atoms with Crippen LogP contribution in [-0.4, -0.2) is 66.8 Å². The standard InChI is InChI=1S/C12H21N3O5/c1-8(2)10(11(17)18)14-9(16)7-13-12(19)15-3-5-20-6-4-15/h8,10H,3-7H2,1-2H3,(H,13,19)(H,14,16)(H,17,18). The van der Waals surface area contributed by atoms with Crippen LogP contribution in [0.3, 0.4) is 0 Å². The molecule has 114 valence electrons. The number of amides is 3. The number of carboxylic acid groups (broad SMARTS) is 1. The molecule has 20 heavy (non-hydrogen) atoms. The zero-order chi connectivity index (χ0) is 15.1. The molecule has 1 fully saturated rings. The minimum absolute atomic E-state index is 0.230. The van der Waals surface area contributed by atoms with E-state index in [2.05, 4.69) is 10.6 Å². The highest BCUT2D eigenvalue weighted by Gasteiger charge is 2.24. The van der Waals surface area contributed by atoms with Crippen LogP contribution in [0.25, 0.3) is 0 Å². The number of ether oxygens (including phenoxy) is 1. The van der Waals surface area contributed by atoms with Crippen LogP contribution in [0.5, 0.6) is 0 Å². The van der Waals surface area contributed by atoms with Crippen molar-refractivity contribution in [1.29, 1.82) is 0 Å². The third kappa shape index (κ3) is 5.04.